The minimum absolute atomic E-state index is 0.0627. The molecule has 0 aromatic carbocycles. The van der Waals surface area contributed by atoms with Crippen LogP contribution in [0.4, 0.5) is 16.6 Å². The topological polar surface area (TPSA) is 108 Å². The summed E-state index contributed by atoms with van der Waals surface area (Å²) >= 11 is 0. The zero-order chi connectivity index (χ0) is 25.4. The predicted molar refractivity (Wildman–Crippen MR) is 135 cm³/mol. The molecule has 4 rings (SSSR count). The van der Waals surface area contributed by atoms with E-state index in [9.17, 15) is 14.7 Å². The highest BCUT2D eigenvalue weighted by Crippen LogP contribution is 2.41. The lowest BCUT2D eigenvalue weighted by atomic mass is 9.79. The van der Waals surface area contributed by atoms with Crippen molar-refractivity contribution < 1.29 is 19.4 Å². The molecule has 3 aliphatic rings. The Hall–Kier alpha value is -2.58. The van der Waals surface area contributed by atoms with E-state index in [4.69, 9.17) is 14.7 Å². The summed E-state index contributed by atoms with van der Waals surface area (Å²) in [5, 5.41) is 12.9. The Morgan fingerprint density at radius 3 is 2.51 bits per heavy atom. The van der Waals surface area contributed by atoms with Gasteiger partial charge in [0.25, 0.3) is 0 Å². The smallest absolute Gasteiger partial charge is 0.410 e. The van der Waals surface area contributed by atoms with E-state index in [-0.39, 0.29) is 24.0 Å². The highest BCUT2D eigenvalue weighted by Gasteiger charge is 2.51. The van der Waals surface area contributed by atoms with Gasteiger partial charge in [-0.05, 0) is 65.2 Å². The standard InChI is InChI=1S/C26H41N5O4/c1-17(2)12-18(13-21(32)33)27-22-19-8-6-7-9-20(19)28-23(29-22)30-11-10-26(14-30)15-31(16-26)24(34)35-25(3,4)5/h17-18H,6-16H2,1-5H3,(H,32,33)(H,27,28,29)/t18-/m1/s1. The van der Waals surface area contributed by atoms with Crippen molar-refractivity contribution in [3.8, 4) is 0 Å². The van der Waals surface area contributed by atoms with Gasteiger partial charge in [-0.3, -0.25) is 4.79 Å². The van der Waals surface area contributed by atoms with Gasteiger partial charge in [-0.2, -0.15) is 4.98 Å². The third-order valence-electron chi connectivity index (χ3n) is 7.11. The average Bonchev–Trinajstić information content (AvgIpc) is 3.16. The maximum absolute atomic E-state index is 12.4. The third-order valence-corrected chi connectivity index (χ3v) is 7.11. The molecular weight excluding hydrogens is 446 g/mol. The Kier molecular flexibility index (Phi) is 7.16. The molecule has 9 heteroatoms. The zero-order valence-electron chi connectivity index (χ0n) is 21.9. The van der Waals surface area contributed by atoms with E-state index in [0.29, 0.717) is 19.0 Å². The molecule has 1 spiro atoms. The molecule has 1 amide bonds. The molecule has 1 atom stereocenters. The van der Waals surface area contributed by atoms with Gasteiger partial charge in [0.05, 0.1) is 12.1 Å². The molecule has 194 valence electrons. The van der Waals surface area contributed by atoms with Gasteiger partial charge in [-0.15, -0.1) is 0 Å². The van der Waals surface area contributed by atoms with Crippen LogP contribution in [0.1, 0.15) is 78.0 Å². The Bertz CT molecular complexity index is 952. The fraction of sp³-hybridized carbons (Fsp3) is 0.769. The van der Waals surface area contributed by atoms with Crippen LogP contribution in [0.25, 0.3) is 0 Å². The number of ether oxygens (including phenoxy) is 1. The summed E-state index contributed by atoms with van der Waals surface area (Å²) in [4.78, 5) is 37.8. The Morgan fingerprint density at radius 1 is 1.14 bits per heavy atom. The molecular formula is C26H41N5O4. The Morgan fingerprint density at radius 2 is 1.86 bits per heavy atom. The predicted octanol–water partition coefficient (Wildman–Crippen LogP) is 4.10. The van der Waals surface area contributed by atoms with Crippen molar-refractivity contribution in [2.75, 3.05) is 36.4 Å². The van der Waals surface area contributed by atoms with Crippen molar-refractivity contribution in [1.29, 1.82) is 0 Å². The molecule has 2 saturated heterocycles. The number of hydrogen-bond acceptors (Lipinski definition) is 7. The van der Waals surface area contributed by atoms with Gasteiger partial charge < -0.3 is 25.0 Å². The molecule has 3 heterocycles. The van der Waals surface area contributed by atoms with Gasteiger partial charge >= 0.3 is 12.1 Å². The van der Waals surface area contributed by atoms with Crippen LogP contribution < -0.4 is 10.2 Å². The van der Waals surface area contributed by atoms with Gasteiger partial charge in [-0.25, -0.2) is 9.78 Å². The van der Waals surface area contributed by atoms with Crippen molar-refractivity contribution in [3.05, 3.63) is 11.3 Å². The molecule has 2 aliphatic heterocycles. The fourth-order valence-corrected chi connectivity index (χ4v) is 5.59. The maximum Gasteiger partial charge on any atom is 0.410 e. The summed E-state index contributed by atoms with van der Waals surface area (Å²) in [6.07, 6.45) is 5.66. The quantitative estimate of drug-likeness (QED) is 0.592. The molecule has 2 N–H and O–H groups in total. The van der Waals surface area contributed by atoms with Crippen LogP contribution in [0.15, 0.2) is 0 Å². The number of carbonyl (C=O) groups excluding carboxylic acids is 1. The molecule has 9 nitrogen and oxygen atoms in total. The van der Waals surface area contributed by atoms with Crippen molar-refractivity contribution >= 4 is 23.8 Å². The average molecular weight is 488 g/mol. The van der Waals surface area contributed by atoms with E-state index >= 15 is 0 Å². The van der Waals surface area contributed by atoms with Crippen molar-refractivity contribution in [2.24, 2.45) is 11.3 Å². The number of aliphatic carboxylic acids is 1. The monoisotopic (exact) mass is 487 g/mol. The van der Waals surface area contributed by atoms with Gasteiger partial charge in [0.2, 0.25) is 5.95 Å². The van der Waals surface area contributed by atoms with Crippen molar-refractivity contribution in [1.82, 2.24) is 14.9 Å². The maximum atomic E-state index is 12.4. The number of carboxylic acids is 1. The number of aromatic nitrogens is 2. The van der Waals surface area contributed by atoms with Crippen LogP contribution in [0, 0.1) is 11.3 Å². The molecule has 35 heavy (non-hydrogen) atoms. The summed E-state index contributed by atoms with van der Waals surface area (Å²) in [5.41, 5.74) is 1.81. The lowest BCUT2D eigenvalue weighted by molar-refractivity contribution is -0.137. The zero-order valence-corrected chi connectivity index (χ0v) is 21.9. The first-order valence-corrected chi connectivity index (χ1v) is 13.0. The first-order chi connectivity index (χ1) is 16.4. The van der Waals surface area contributed by atoms with Crippen LogP contribution >= 0.6 is 0 Å². The summed E-state index contributed by atoms with van der Waals surface area (Å²) in [6, 6.07) is -0.166. The summed E-state index contributed by atoms with van der Waals surface area (Å²) in [6.45, 7) is 12.9. The van der Waals surface area contributed by atoms with Gasteiger partial charge in [0.15, 0.2) is 0 Å². The number of carbonyl (C=O) groups is 2. The number of rotatable bonds is 7. The van der Waals surface area contributed by atoms with Crippen LogP contribution in [-0.2, 0) is 22.4 Å². The molecule has 0 radical (unpaired) electrons. The number of amides is 1. The number of hydrogen-bond donors (Lipinski definition) is 2. The first kappa shape index (κ1) is 25.5. The van der Waals surface area contributed by atoms with Crippen LogP contribution in [0.3, 0.4) is 0 Å². The van der Waals surface area contributed by atoms with E-state index in [1.807, 2.05) is 20.8 Å². The molecule has 0 bridgehead atoms. The van der Waals surface area contributed by atoms with Gasteiger partial charge in [-0.1, -0.05) is 13.8 Å². The number of nitrogens with one attached hydrogen (secondary N) is 1. The van der Waals surface area contributed by atoms with E-state index in [0.717, 1.165) is 74.6 Å². The fourth-order valence-electron chi connectivity index (χ4n) is 5.59. The second-order valence-corrected chi connectivity index (χ2v) is 12.1. The largest absolute Gasteiger partial charge is 0.481 e. The van der Waals surface area contributed by atoms with Crippen LogP contribution in [-0.4, -0.2) is 69.9 Å². The minimum Gasteiger partial charge on any atom is -0.481 e. The van der Waals surface area contributed by atoms with Gasteiger partial charge in [0.1, 0.15) is 11.4 Å². The Balaban J connectivity index is 1.49. The normalized spacial score (nSPS) is 19.9. The second-order valence-electron chi connectivity index (χ2n) is 12.1. The lowest BCUT2D eigenvalue weighted by Gasteiger charge is -2.47. The molecule has 2 fully saturated rings. The highest BCUT2D eigenvalue weighted by atomic mass is 16.6. The number of nitrogens with zero attached hydrogens (tertiary/aromatic N) is 4. The van der Waals surface area contributed by atoms with E-state index < -0.39 is 11.6 Å². The lowest BCUT2D eigenvalue weighted by Crippen LogP contribution is -2.60. The van der Waals surface area contributed by atoms with Crippen molar-refractivity contribution in [2.45, 2.75) is 91.2 Å². The SMILES string of the molecule is CC(C)C[C@H](CC(=O)O)Nc1nc(N2CCC3(CN(C(=O)OC(C)(C)C)C3)C2)nc2c1CCCC2. The third kappa shape index (κ3) is 6.16. The van der Waals surface area contributed by atoms with Gasteiger partial charge in [0, 0.05) is 43.2 Å². The number of carboxylic acid groups (broad SMARTS) is 1. The van der Waals surface area contributed by atoms with E-state index in [2.05, 4.69) is 24.1 Å². The van der Waals surface area contributed by atoms with E-state index in [1.54, 1.807) is 4.90 Å². The summed E-state index contributed by atoms with van der Waals surface area (Å²) < 4.78 is 5.52. The number of likely N-dealkylation sites (tertiary alicyclic amines) is 1. The first-order valence-electron chi connectivity index (χ1n) is 13.0. The molecule has 1 aromatic rings. The second kappa shape index (κ2) is 9.82. The number of aryl methyl sites for hydroxylation is 1. The number of anilines is 2. The van der Waals surface area contributed by atoms with Crippen LogP contribution in [0.5, 0.6) is 0 Å². The van der Waals surface area contributed by atoms with Crippen molar-refractivity contribution in [3.63, 3.8) is 0 Å². The molecule has 0 saturated carbocycles. The Labute approximate surface area is 208 Å². The molecule has 1 aliphatic carbocycles. The highest BCUT2D eigenvalue weighted by molar-refractivity contribution is 5.70. The summed E-state index contributed by atoms with van der Waals surface area (Å²) in [7, 11) is 0. The van der Waals surface area contributed by atoms with E-state index in [1.165, 1.54) is 0 Å². The minimum atomic E-state index is -0.799. The molecule has 1 aromatic heterocycles. The summed E-state index contributed by atoms with van der Waals surface area (Å²) in [5.74, 6) is 1.11. The number of fused-ring (bicyclic) bond motifs is 1. The van der Waals surface area contributed by atoms with Crippen LogP contribution in [0.2, 0.25) is 0 Å². The molecule has 0 unspecified atom stereocenters.